The Morgan fingerprint density at radius 1 is 1.58 bits per heavy atom. The van der Waals surface area contributed by atoms with Crippen LogP contribution in [0.4, 0.5) is 0 Å². The largest absolute Gasteiger partial charge is 0.366 e. The lowest BCUT2D eigenvalue weighted by molar-refractivity contribution is -0.0534. The first kappa shape index (κ1) is 12.4. The molecule has 0 spiro atoms. The third-order valence-electron chi connectivity index (χ3n) is 1.83. The van der Waals surface area contributed by atoms with Gasteiger partial charge in [0, 0.05) is 0 Å². The van der Waals surface area contributed by atoms with Crippen molar-refractivity contribution in [2.45, 2.75) is 37.9 Å². The Balaban J connectivity index is 4.20. The Bertz CT molecular complexity index is 160. The van der Waals surface area contributed by atoms with Crippen LogP contribution in [0.15, 0.2) is 0 Å². The molecule has 0 radical (unpaired) electrons. The molecule has 0 aliphatic rings. The molecule has 4 nitrogen and oxygen atoms in total. The molecule has 0 bridgehead atoms. The Kier molecular flexibility index (Phi) is 5.37. The summed E-state index contributed by atoms with van der Waals surface area (Å²) in [6.45, 7) is 3.55. The summed E-state index contributed by atoms with van der Waals surface area (Å²) < 4.78 is 14.6. The van der Waals surface area contributed by atoms with Gasteiger partial charge in [-0.25, -0.2) is 0 Å². The Morgan fingerprint density at radius 2 is 2.00 bits per heavy atom. The molecule has 2 unspecified atom stereocenters. The molecule has 0 saturated carbocycles. The third-order valence-corrected chi connectivity index (χ3v) is 2.98. The number of halogens is 1. The maximum absolute atomic E-state index is 10.2. The summed E-state index contributed by atoms with van der Waals surface area (Å²) >= 11 is 5.89. The standard InChI is InChI=1S/C6H14ClO4P/c1-3-6(7,4-2)5(8)11-12(9)10/h5,8,12H,3-4H2,1-2H3,(H,9,10). The van der Waals surface area contributed by atoms with Crippen molar-refractivity contribution in [2.75, 3.05) is 0 Å². The molecule has 12 heavy (non-hydrogen) atoms. The highest BCUT2D eigenvalue weighted by atomic mass is 35.5. The van der Waals surface area contributed by atoms with Gasteiger partial charge >= 0.3 is 8.25 Å². The minimum absolute atomic E-state index is 0.474. The summed E-state index contributed by atoms with van der Waals surface area (Å²) in [4.78, 5) is 7.43. The van der Waals surface area contributed by atoms with E-state index < -0.39 is 19.4 Å². The quantitative estimate of drug-likeness (QED) is 0.415. The highest BCUT2D eigenvalue weighted by molar-refractivity contribution is 7.32. The highest BCUT2D eigenvalue weighted by Crippen LogP contribution is 2.33. The van der Waals surface area contributed by atoms with Crippen molar-refractivity contribution in [2.24, 2.45) is 0 Å². The highest BCUT2D eigenvalue weighted by Gasteiger charge is 2.34. The number of alkyl halides is 1. The lowest BCUT2D eigenvalue weighted by Gasteiger charge is -2.28. The smallest absolute Gasteiger partial charge is 0.318 e. The molecule has 74 valence electrons. The summed E-state index contributed by atoms with van der Waals surface area (Å²) in [5, 5.41) is 9.25. The van der Waals surface area contributed by atoms with Crippen molar-refractivity contribution in [3.05, 3.63) is 0 Å². The summed E-state index contributed by atoms with van der Waals surface area (Å²) in [7, 11) is -3.12. The van der Waals surface area contributed by atoms with E-state index in [4.69, 9.17) is 16.5 Å². The summed E-state index contributed by atoms with van der Waals surface area (Å²) in [6.07, 6.45) is -0.437. The number of rotatable bonds is 5. The molecule has 2 N–H and O–H groups in total. The predicted molar refractivity (Wildman–Crippen MR) is 47.5 cm³/mol. The zero-order valence-corrected chi connectivity index (χ0v) is 8.84. The number of aliphatic hydroxyl groups excluding tert-OH is 1. The zero-order valence-electron chi connectivity index (χ0n) is 7.08. The fraction of sp³-hybridized carbons (Fsp3) is 1.00. The van der Waals surface area contributed by atoms with E-state index >= 15 is 0 Å². The normalized spacial score (nSPS) is 17.4. The van der Waals surface area contributed by atoms with Crippen LogP contribution < -0.4 is 0 Å². The zero-order chi connectivity index (χ0) is 9.78. The van der Waals surface area contributed by atoms with Gasteiger partial charge in [0.25, 0.3) is 0 Å². The summed E-state index contributed by atoms with van der Waals surface area (Å²) in [5.74, 6) is 0. The SMILES string of the molecule is CCC(Cl)(CC)C(O)O[PH](=O)O. The van der Waals surface area contributed by atoms with E-state index in [0.717, 1.165) is 0 Å². The molecule has 0 heterocycles. The van der Waals surface area contributed by atoms with Crippen LogP contribution in [0.5, 0.6) is 0 Å². The van der Waals surface area contributed by atoms with Crippen LogP contribution in [-0.4, -0.2) is 21.2 Å². The average Bonchev–Trinajstić information content (AvgIpc) is 2.02. The van der Waals surface area contributed by atoms with Gasteiger partial charge in [-0.05, 0) is 12.8 Å². The van der Waals surface area contributed by atoms with Crippen LogP contribution in [0.25, 0.3) is 0 Å². The predicted octanol–water partition coefficient (Wildman–Crippen LogP) is 1.50. The van der Waals surface area contributed by atoms with E-state index in [2.05, 4.69) is 4.52 Å². The molecule has 0 fully saturated rings. The van der Waals surface area contributed by atoms with E-state index in [-0.39, 0.29) is 0 Å². The van der Waals surface area contributed by atoms with Crippen molar-refractivity contribution in [1.82, 2.24) is 0 Å². The second-order valence-electron chi connectivity index (χ2n) is 2.48. The summed E-state index contributed by atoms with van der Waals surface area (Å²) in [5.41, 5.74) is 0. The molecule has 0 aromatic heterocycles. The fourth-order valence-electron chi connectivity index (χ4n) is 0.800. The molecule has 6 heteroatoms. The third kappa shape index (κ3) is 3.42. The minimum atomic E-state index is -3.12. The van der Waals surface area contributed by atoms with Gasteiger partial charge in [-0.2, -0.15) is 0 Å². The maximum atomic E-state index is 10.2. The maximum Gasteiger partial charge on any atom is 0.318 e. The summed E-state index contributed by atoms with van der Waals surface area (Å²) in [6, 6.07) is 0. The van der Waals surface area contributed by atoms with Gasteiger partial charge in [-0.15, -0.1) is 11.6 Å². The van der Waals surface area contributed by atoms with Crippen molar-refractivity contribution < 1.29 is 19.1 Å². The van der Waals surface area contributed by atoms with Gasteiger partial charge in [0.2, 0.25) is 0 Å². The van der Waals surface area contributed by atoms with Crippen molar-refractivity contribution in [3.8, 4) is 0 Å². The first-order valence-corrected chi connectivity index (χ1v) is 5.37. The Hall–Kier alpha value is 0.400. The van der Waals surface area contributed by atoms with E-state index in [0.29, 0.717) is 12.8 Å². The molecule has 2 atom stereocenters. The second-order valence-corrected chi connectivity index (χ2v) is 4.00. The van der Waals surface area contributed by atoms with E-state index in [1.807, 2.05) is 0 Å². The lowest BCUT2D eigenvalue weighted by atomic mass is 10.0. The fourth-order valence-corrected chi connectivity index (χ4v) is 1.34. The van der Waals surface area contributed by atoms with Gasteiger partial charge in [0.1, 0.15) is 0 Å². The van der Waals surface area contributed by atoms with Crippen LogP contribution in [0.2, 0.25) is 0 Å². The first-order chi connectivity index (χ1) is 5.46. The molecule has 0 aliphatic carbocycles. The molecule has 0 aromatic carbocycles. The molecule has 0 aromatic rings. The van der Waals surface area contributed by atoms with E-state index in [1.54, 1.807) is 13.8 Å². The Labute approximate surface area is 77.4 Å². The first-order valence-electron chi connectivity index (χ1n) is 3.72. The van der Waals surface area contributed by atoms with Crippen molar-refractivity contribution in [1.29, 1.82) is 0 Å². The molecule has 0 amide bonds. The van der Waals surface area contributed by atoms with Crippen molar-refractivity contribution in [3.63, 3.8) is 0 Å². The van der Waals surface area contributed by atoms with Crippen LogP contribution in [0, 0.1) is 0 Å². The number of hydrogen-bond acceptors (Lipinski definition) is 3. The van der Waals surface area contributed by atoms with Gasteiger partial charge in [-0.1, -0.05) is 13.8 Å². The van der Waals surface area contributed by atoms with Crippen LogP contribution in [0.3, 0.4) is 0 Å². The molecular weight excluding hydrogens is 202 g/mol. The average molecular weight is 217 g/mol. The van der Waals surface area contributed by atoms with Gasteiger partial charge in [-0.3, -0.25) is 9.09 Å². The van der Waals surface area contributed by atoms with Crippen molar-refractivity contribution >= 4 is 19.9 Å². The molecule has 0 saturated heterocycles. The Morgan fingerprint density at radius 3 is 2.25 bits per heavy atom. The van der Waals surface area contributed by atoms with Crippen LogP contribution >= 0.6 is 19.9 Å². The molecule has 0 rings (SSSR count). The van der Waals surface area contributed by atoms with E-state index in [9.17, 15) is 9.67 Å². The second kappa shape index (κ2) is 5.20. The lowest BCUT2D eigenvalue weighted by Crippen LogP contribution is -2.36. The van der Waals surface area contributed by atoms with Gasteiger partial charge < -0.3 is 10.00 Å². The molecular formula is C6H14ClO4P. The topological polar surface area (TPSA) is 66.8 Å². The molecule has 0 aliphatic heterocycles. The number of hydrogen-bond donors (Lipinski definition) is 2. The van der Waals surface area contributed by atoms with Gasteiger partial charge in [0.15, 0.2) is 6.29 Å². The monoisotopic (exact) mass is 216 g/mol. The number of aliphatic hydroxyl groups is 1. The minimum Gasteiger partial charge on any atom is -0.366 e. The van der Waals surface area contributed by atoms with Crippen LogP contribution in [-0.2, 0) is 9.09 Å². The van der Waals surface area contributed by atoms with Crippen LogP contribution in [0.1, 0.15) is 26.7 Å². The van der Waals surface area contributed by atoms with Gasteiger partial charge in [0.05, 0.1) is 4.87 Å². The van der Waals surface area contributed by atoms with E-state index in [1.165, 1.54) is 0 Å².